The lowest BCUT2D eigenvalue weighted by molar-refractivity contribution is 0.401. The highest BCUT2D eigenvalue weighted by Crippen LogP contribution is 2.31. The lowest BCUT2D eigenvalue weighted by Crippen LogP contribution is -1.99. The van der Waals surface area contributed by atoms with E-state index in [1.807, 2.05) is 34.9 Å². The summed E-state index contributed by atoms with van der Waals surface area (Å²) in [6.07, 6.45) is 0. The van der Waals surface area contributed by atoms with Crippen LogP contribution in [0.15, 0.2) is 36.4 Å². The molecule has 0 fully saturated rings. The Hall–Kier alpha value is -2.27. The van der Waals surface area contributed by atoms with E-state index in [9.17, 15) is 0 Å². The minimum atomic E-state index is 0.630. The number of fused-ring (bicyclic) bond motifs is 1. The molecule has 108 valence electrons. The van der Waals surface area contributed by atoms with Crippen LogP contribution in [0.4, 0.5) is 0 Å². The lowest BCUT2D eigenvalue weighted by atomic mass is 10.2. The van der Waals surface area contributed by atoms with Crippen LogP contribution >= 0.6 is 12.2 Å². The van der Waals surface area contributed by atoms with E-state index in [1.165, 1.54) is 0 Å². The Balaban J connectivity index is 2.37. The van der Waals surface area contributed by atoms with Gasteiger partial charge in [0, 0.05) is 6.07 Å². The Morgan fingerprint density at radius 2 is 1.90 bits per heavy atom. The Labute approximate surface area is 127 Å². The Morgan fingerprint density at radius 1 is 1.10 bits per heavy atom. The fourth-order valence-corrected chi connectivity index (χ4v) is 2.78. The van der Waals surface area contributed by atoms with Crippen molar-refractivity contribution < 1.29 is 9.47 Å². The van der Waals surface area contributed by atoms with E-state index in [4.69, 9.17) is 21.7 Å². The highest BCUT2D eigenvalue weighted by atomic mass is 32.1. The molecule has 0 aliphatic carbocycles. The molecule has 0 atom stereocenters. The molecule has 1 aromatic heterocycles. The SMILES string of the molecule is COc1ccc(OC)c(-n2c(=S)[nH]c3c(C)cccc32)c1. The van der Waals surface area contributed by atoms with Crippen LogP contribution in [-0.4, -0.2) is 23.8 Å². The van der Waals surface area contributed by atoms with E-state index < -0.39 is 0 Å². The molecule has 0 unspecified atom stereocenters. The van der Waals surface area contributed by atoms with Crippen molar-refractivity contribution in [1.29, 1.82) is 0 Å². The molecule has 0 aliphatic rings. The first-order valence-corrected chi connectivity index (χ1v) is 6.99. The maximum atomic E-state index is 5.49. The van der Waals surface area contributed by atoms with E-state index in [1.54, 1.807) is 14.2 Å². The third-order valence-electron chi connectivity index (χ3n) is 3.55. The summed E-state index contributed by atoms with van der Waals surface area (Å²) in [6.45, 7) is 2.06. The molecule has 3 aromatic rings. The standard InChI is InChI=1S/C16H16N2O2S/c1-10-5-4-6-12-15(10)17-16(21)18(12)13-9-11(19-2)7-8-14(13)20-3/h4-9H,1-3H3,(H,17,21). The van der Waals surface area contributed by atoms with Crippen LogP contribution in [0, 0.1) is 11.7 Å². The normalized spacial score (nSPS) is 10.8. The van der Waals surface area contributed by atoms with Crippen molar-refractivity contribution in [3.05, 3.63) is 46.7 Å². The van der Waals surface area contributed by atoms with E-state index in [0.717, 1.165) is 33.8 Å². The third-order valence-corrected chi connectivity index (χ3v) is 3.84. The lowest BCUT2D eigenvalue weighted by Gasteiger charge is -2.12. The quantitative estimate of drug-likeness (QED) is 0.743. The average molecular weight is 300 g/mol. The molecule has 0 aliphatic heterocycles. The van der Waals surface area contributed by atoms with Crippen molar-refractivity contribution in [2.24, 2.45) is 0 Å². The number of aryl methyl sites for hydroxylation is 1. The Kier molecular flexibility index (Phi) is 3.43. The van der Waals surface area contributed by atoms with Gasteiger partial charge in [-0.1, -0.05) is 12.1 Å². The molecule has 21 heavy (non-hydrogen) atoms. The molecule has 0 spiro atoms. The predicted octanol–water partition coefficient (Wildman–Crippen LogP) is 4.01. The van der Waals surface area contributed by atoms with E-state index in [-0.39, 0.29) is 0 Å². The fourth-order valence-electron chi connectivity index (χ4n) is 2.48. The first-order chi connectivity index (χ1) is 10.2. The van der Waals surface area contributed by atoms with Gasteiger partial charge in [0.15, 0.2) is 4.77 Å². The molecule has 1 heterocycles. The second-order valence-electron chi connectivity index (χ2n) is 4.77. The number of nitrogens with zero attached hydrogens (tertiary/aromatic N) is 1. The van der Waals surface area contributed by atoms with Crippen molar-refractivity contribution >= 4 is 23.3 Å². The van der Waals surface area contributed by atoms with Crippen molar-refractivity contribution in [3.63, 3.8) is 0 Å². The van der Waals surface area contributed by atoms with Crippen LogP contribution in [0.2, 0.25) is 0 Å². The monoisotopic (exact) mass is 300 g/mol. The molecule has 0 bridgehead atoms. The van der Waals surface area contributed by atoms with Crippen molar-refractivity contribution in [2.75, 3.05) is 14.2 Å². The number of imidazole rings is 1. The van der Waals surface area contributed by atoms with E-state index >= 15 is 0 Å². The molecule has 1 N–H and O–H groups in total. The smallest absolute Gasteiger partial charge is 0.182 e. The van der Waals surface area contributed by atoms with Crippen molar-refractivity contribution in [1.82, 2.24) is 9.55 Å². The minimum Gasteiger partial charge on any atom is -0.497 e. The molecule has 0 saturated carbocycles. The van der Waals surface area contributed by atoms with Crippen LogP contribution in [0.1, 0.15) is 5.56 Å². The predicted molar refractivity (Wildman–Crippen MR) is 86.3 cm³/mol. The van der Waals surface area contributed by atoms with Crippen molar-refractivity contribution in [3.8, 4) is 17.2 Å². The molecule has 3 rings (SSSR count). The topological polar surface area (TPSA) is 39.2 Å². The molecule has 0 amide bonds. The second-order valence-corrected chi connectivity index (χ2v) is 5.16. The van der Waals surface area contributed by atoms with Crippen LogP contribution in [0.25, 0.3) is 16.7 Å². The number of hydrogen-bond acceptors (Lipinski definition) is 3. The van der Waals surface area contributed by atoms with Gasteiger partial charge in [-0.25, -0.2) is 0 Å². The van der Waals surface area contributed by atoms with Gasteiger partial charge in [-0.2, -0.15) is 0 Å². The summed E-state index contributed by atoms with van der Waals surface area (Å²) in [7, 11) is 3.29. The molecule has 0 radical (unpaired) electrons. The van der Waals surface area contributed by atoms with Gasteiger partial charge in [-0.05, 0) is 42.9 Å². The average Bonchev–Trinajstić information content (AvgIpc) is 2.84. The van der Waals surface area contributed by atoms with Crippen molar-refractivity contribution in [2.45, 2.75) is 6.92 Å². The van der Waals surface area contributed by atoms with Crippen LogP contribution in [0.3, 0.4) is 0 Å². The summed E-state index contributed by atoms with van der Waals surface area (Å²) in [4.78, 5) is 3.26. The summed E-state index contributed by atoms with van der Waals surface area (Å²) in [6, 6.07) is 11.8. The van der Waals surface area contributed by atoms with Gasteiger partial charge < -0.3 is 14.5 Å². The maximum Gasteiger partial charge on any atom is 0.182 e. The summed E-state index contributed by atoms with van der Waals surface area (Å²) in [5.74, 6) is 1.50. The van der Waals surface area contributed by atoms with Crippen LogP contribution < -0.4 is 9.47 Å². The zero-order valence-corrected chi connectivity index (χ0v) is 13.0. The molecular weight excluding hydrogens is 284 g/mol. The highest BCUT2D eigenvalue weighted by Gasteiger charge is 2.13. The number of benzene rings is 2. The summed E-state index contributed by atoms with van der Waals surface area (Å²) < 4.78 is 13.4. The molecule has 4 nitrogen and oxygen atoms in total. The number of ether oxygens (including phenoxy) is 2. The molecule has 0 saturated heterocycles. The number of para-hydroxylation sites is 1. The van der Waals surface area contributed by atoms with Gasteiger partial charge in [-0.3, -0.25) is 4.57 Å². The minimum absolute atomic E-state index is 0.630. The molecular formula is C16H16N2O2S. The first-order valence-electron chi connectivity index (χ1n) is 6.58. The molecule has 5 heteroatoms. The fraction of sp³-hybridized carbons (Fsp3) is 0.188. The first kappa shape index (κ1) is 13.7. The maximum absolute atomic E-state index is 5.49. The zero-order chi connectivity index (χ0) is 15.0. The summed E-state index contributed by atoms with van der Waals surface area (Å²) in [5, 5.41) is 0. The highest BCUT2D eigenvalue weighted by molar-refractivity contribution is 7.71. The summed E-state index contributed by atoms with van der Waals surface area (Å²) in [5.41, 5.74) is 4.07. The van der Waals surface area contributed by atoms with Crippen LogP contribution in [0.5, 0.6) is 11.5 Å². The van der Waals surface area contributed by atoms with E-state index in [2.05, 4.69) is 18.0 Å². The van der Waals surface area contributed by atoms with E-state index in [0.29, 0.717) is 4.77 Å². The van der Waals surface area contributed by atoms with Gasteiger partial charge >= 0.3 is 0 Å². The number of nitrogens with one attached hydrogen (secondary N) is 1. The third kappa shape index (κ3) is 2.19. The van der Waals surface area contributed by atoms with Crippen LogP contribution in [-0.2, 0) is 0 Å². The second kappa shape index (κ2) is 5.26. The van der Waals surface area contributed by atoms with Gasteiger partial charge in [0.05, 0.1) is 30.9 Å². The van der Waals surface area contributed by atoms with Gasteiger partial charge in [-0.15, -0.1) is 0 Å². The molecule has 2 aromatic carbocycles. The number of aromatic amines is 1. The Morgan fingerprint density at radius 3 is 2.62 bits per heavy atom. The number of rotatable bonds is 3. The zero-order valence-electron chi connectivity index (χ0n) is 12.1. The van der Waals surface area contributed by atoms with Gasteiger partial charge in [0.25, 0.3) is 0 Å². The number of aromatic nitrogens is 2. The number of hydrogen-bond donors (Lipinski definition) is 1. The number of methoxy groups -OCH3 is 2. The van der Waals surface area contributed by atoms with Gasteiger partial charge in [0.2, 0.25) is 0 Å². The summed E-state index contributed by atoms with van der Waals surface area (Å²) >= 11 is 5.49. The number of H-pyrrole nitrogens is 1. The van der Waals surface area contributed by atoms with Gasteiger partial charge in [0.1, 0.15) is 11.5 Å². The largest absolute Gasteiger partial charge is 0.497 e. The Bertz CT molecular complexity index is 864.